The Hall–Kier alpha value is -3.26. The van der Waals surface area contributed by atoms with Gasteiger partial charge in [-0.25, -0.2) is 0 Å². The minimum atomic E-state index is 0.0791. The van der Waals surface area contributed by atoms with E-state index in [-0.39, 0.29) is 11.5 Å². The van der Waals surface area contributed by atoms with Crippen LogP contribution in [0.1, 0.15) is 47.4 Å². The molecule has 3 heterocycles. The van der Waals surface area contributed by atoms with Crippen molar-refractivity contribution >= 4 is 17.5 Å². The summed E-state index contributed by atoms with van der Waals surface area (Å²) in [6.45, 7) is 8.76. The van der Waals surface area contributed by atoms with Crippen LogP contribution in [0.2, 0.25) is 0 Å². The van der Waals surface area contributed by atoms with Crippen molar-refractivity contribution in [2.45, 2.75) is 45.4 Å². The van der Waals surface area contributed by atoms with Gasteiger partial charge in [0.05, 0.1) is 25.7 Å². The van der Waals surface area contributed by atoms with E-state index >= 15 is 0 Å². The van der Waals surface area contributed by atoms with Crippen molar-refractivity contribution in [2.75, 3.05) is 12.9 Å². The van der Waals surface area contributed by atoms with Gasteiger partial charge >= 0.3 is 0 Å². The molecule has 3 aromatic heterocycles. The second-order valence-electron chi connectivity index (χ2n) is 8.16. The normalized spacial score (nSPS) is 11.3. The minimum absolute atomic E-state index is 0.0791. The summed E-state index contributed by atoms with van der Waals surface area (Å²) in [5.74, 6) is 2.57. The first-order valence-electron chi connectivity index (χ1n) is 10.8. The molecule has 0 atom stereocenters. The van der Waals surface area contributed by atoms with Crippen molar-refractivity contribution in [1.82, 2.24) is 19.3 Å². The first kappa shape index (κ1) is 22.9. The number of benzene rings is 1. The van der Waals surface area contributed by atoms with Crippen LogP contribution in [0.25, 0.3) is 11.4 Å². The zero-order valence-corrected chi connectivity index (χ0v) is 20.3. The Bertz CT molecular complexity index is 1250. The summed E-state index contributed by atoms with van der Waals surface area (Å²) in [6.07, 6.45) is 1.64. The molecule has 0 aliphatic carbocycles. The third-order valence-electron chi connectivity index (χ3n) is 5.57. The molecule has 7 nitrogen and oxygen atoms in total. The van der Waals surface area contributed by atoms with Gasteiger partial charge in [0.25, 0.3) is 0 Å². The fourth-order valence-corrected chi connectivity index (χ4v) is 4.96. The topological polar surface area (TPSA) is 75.1 Å². The van der Waals surface area contributed by atoms with Crippen LogP contribution in [0, 0.1) is 13.8 Å². The van der Waals surface area contributed by atoms with E-state index in [9.17, 15) is 4.79 Å². The molecular formula is C25H28N4O3S. The van der Waals surface area contributed by atoms with Crippen molar-refractivity contribution < 1.29 is 13.9 Å². The number of carbonyl (C=O) groups excluding carboxylic acids is 1. The third kappa shape index (κ3) is 4.75. The molecule has 4 rings (SSSR count). The molecule has 0 bridgehead atoms. The van der Waals surface area contributed by atoms with E-state index in [2.05, 4.69) is 28.6 Å². The maximum atomic E-state index is 13.1. The van der Waals surface area contributed by atoms with Gasteiger partial charge in [0, 0.05) is 28.6 Å². The number of methoxy groups -OCH3 is 1. The fourth-order valence-electron chi connectivity index (χ4n) is 4.13. The van der Waals surface area contributed by atoms with E-state index in [1.54, 1.807) is 13.4 Å². The van der Waals surface area contributed by atoms with E-state index in [4.69, 9.17) is 9.15 Å². The van der Waals surface area contributed by atoms with Crippen molar-refractivity contribution in [3.05, 3.63) is 71.4 Å². The van der Waals surface area contributed by atoms with Crippen LogP contribution < -0.4 is 4.74 Å². The number of hydrogen-bond donors (Lipinski definition) is 0. The van der Waals surface area contributed by atoms with Crippen LogP contribution in [0.4, 0.5) is 0 Å². The standard InChI is InChI=1S/C25H28N4O3S/c1-16(2)29-17(3)12-22(18(29)4)23(30)15-33-25-27-26-24(19-8-6-9-20(13-19)31-5)28(25)14-21-10-7-11-32-21/h6-13,16H,14-15H2,1-5H3. The van der Waals surface area contributed by atoms with E-state index < -0.39 is 0 Å². The number of nitrogens with zero attached hydrogens (tertiary/aromatic N) is 4. The number of aryl methyl sites for hydroxylation is 1. The van der Waals surface area contributed by atoms with E-state index in [0.29, 0.717) is 23.6 Å². The zero-order valence-electron chi connectivity index (χ0n) is 19.5. The number of carbonyl (C=O) groups is 1. The van der Waals surface area contributed by atoms with Gasteiger partial charge in [0.2, 0.25) is 0 Å². The van der Waals surface area contributed by atoms with Gasteiger partial charge in [-0.15, -0.1) is 10.2 Å². The van der Waals surface area contributed by atoms with Gasteiger partial charge < -0.3 is 13.7 Å². The molecule has 4 aromatic rings. The van der Waals surface area contributed by atoms with Gasteiger partial charge in [0.15, 0.2) is 16.8 Å². The molecule has 0 radical (unpaired) electrons. The Kier molecular flexibility index (Phi) is 6.74. The lowest BCUT2D eigenvalue weighted by molar-refractivity contribution is 0.102. The molecule has 0 saturated heterocycles. The molecule has 0 N–H and O–H groups in total. The fraction of sp³-hybridized carbons (Fsp3) is 0.320. The predicted molar refractivity (Wildman–Crippen MR) is 129 cm³/mol. The maximum absolute atomic E-state index is 13.1. The number of aromatic nitrogens is 4. The summed E-state index contributed by atoms with van der Waals surface area (Å²) in [7, 11) is 1.63. The average Bonchev–Trinajstić information content (AvgIpc) is 3.52. The minimum Gasteiger partial charge on any atom is -0.497 e. The average molecular weight is 465 g/mol. The second kappa shape index (κ2) is 9.70. The number of thioether (sulfide) groups is 1. The molecule has 0 aliphatic heterocycles. The molecule has 0 amide bonds. The van der Waals surface area contributed by atoms with E-state index in [1.165, 1.54) is 11.8 Å². The summed E-state index contributed by atoms with van der Waals surface area (Å²) < 4.78 is 15.1. The quantitative estimate of drug-likeness (QED) is 0.238. The third-order valence-corrected chi connectivity index (χ3v) is 6.54. The highest BCUT2D eigenvalue weighted by Crippen LogP contribution is 2.29. The lowest BCUT2D eigenvalue weighted by atomic mass is 10.2. The Morgan fingerprint density at radius 1 is 1.15 bits per heavy atom. The number of furan rings is 1. The zero-order chi connectivity index (χ0) is 23.5. The molecule has 172 valence electrons. The van der Waals surface area contributed by atoms with Crippen molar-refractivity contribution in [1.29, 1.82) is 0 Å². The maximum Gasteiger partial charge on any atom is 0.192 e. The molecule has 1 aromatic carbocycles. The molecule has 0 aliphatic rings. The molecule has 0 saturated carbocycles. The lowest BCUT2D eigenvalue weighted by Crippen LogP contribution is -2.09. The van der Waals surface area contributed by atoms with Crippen LogP contribution in [0.15, 0.2) is 58.3 Å². The van der Waals surface area contributed by atoms with Gasteiger partial charge in [-0.3, -0.25) is 9.36 Å². The smallest absolute Gasteiger partial charge is 0.192 e. The van der Waals surface area contributed by atoms with Crippen LogP contribution in [0.5, 0.6) is 5.75 Å². The first-order valence-corrected chi connectivity index (χ1v) is 11.8. The summed E-state index contributed by atoms with van der Waals surface area (Å²) in [5.41, 5.74) is 3.74. The highest BCUT2D eigenvalue weighted by atomic mass is 32.2. The van der Waals surface area contributed by atoms with Crippen molar-refractivity contribution in [3.8, 4) is 17.1 Å². The van der Waals surface area contributed by atoms with Crippen molar-refractivity contribution in [3.63, 3.8) is 0 Å². The van der Waals surface area contributed by atoms with Crippen LogP contribution >= 0.6 is 11.8 Å². The number of Topliss-reactive ketones (excluding diaryl/α,β-unsaturated/α-hetero) is 1. The summed E-state index contributed by atoms with van der Waals surface area (Å²) in [6, 6.07) is 13.7. The van der Waals surface area contributed by atoms with Gasteiger partial charge in [-0.2, -0.15) is 0 Å². The number of hydrogen-bond acceptors (Lipinski definition) is 6. The summed E-state index contributed by atoms with van der Waals surface area (Å²) >= 11 is 1.39. The molecule has 0 unspecified atom stereocenters. The Morgan fingerprint density at radius 3 is 2.64 bits per heavy atom. The van der Waals surface area contributed by atoms with Gasteiger partial charge in [-0.05, 0) is 58.0 Å². The molecule has 33 heavy (non-hydrogen) atoms. The molecule has 0 spiro atoms. The van der Waals surface area contributed by atoms with Crippen LogP contribution in [-0.2, 0) is 6.54 Å². The first-order chi connectivity index (χ1) is 15.9. The van der Waals surface area contributed by atoms with E-state index in [0.717, 1.165) is 34.0 Å². The van der Waals surface area contributed by atoms with Crippen LogP contribution in [-0.4, -0.2) is 38.0 Å². The van der Waals surface area contributed by atoms with Gasteiger partial charge in [-0.1, -0.05) is 23.9 Å². The molecular weight excluding hydrogens is 436 g/mol. The SMILES string of the molecule is COc1cccc(-c2nnc(SCC(=O)c3cc(C)n(C(C)C)c3C)n2Cc2ccco2)c1. The number of ketones is 1. The monoisotopic (exact) mass is 464 g/mol. The predicted octanol–water partition coefficient (Wildman–Crippen LogP) is 5.57. The summed E-state index contributed by atoms with van der Waals surface area (Å²) in [4.78, 5) is 13.1. The number of rotatable bonds is 9. The highest BCUT2D eigenvalue weighted by Gasteiger charge is 2.21. The Morgan fingerprint density at radius 2 is 1.97 bits per heavy atom. The lowest BCUT2D eigenvalue weighted by Gasteiger charge is -2.13. The second-order valence-corrected chi connectivity index (χ2v) is 9.11. The van der Waals surface area contributed by atoms with Crippen LogP contribution in [0.3, 0.4) is 0 Å². The summed E-state index contributed by atoms with van der Waals surface area (Å²) in [5, 5.41) is 9.50. The van der Waals surface area contributed by atoms with Crippen molar-refractivity contribution in [2.24, 2.45) is 0 Å². The molecule has 0 fully saturated rings. The highest BCUT2D eigenvalue weighted by molar-refractivity contribution is 7.99. The number of ether oxygens (including phenoxy) is 1. The molecule has 8 heteroatoms. The Labute approximate surface area is 197 Å². The Balaban J connectivity index is 1.62. The van der Waals surface area contributed by atoms with E-state index in [1.807, 2.05) is 60.9 Å². The van der Waals surface area contributed by atoms with Gasteiger partial charge in [0.1, 0.15) is 11.5 Å². The largest absolute Gasteiger partial charge is 0.497 e.